The molecule has 2 rings (SSSR count). The molecule has 1 saturated carbocycles. The van der Waals surface area contributed by atoms with Crippen LogP contribution in [0.5, 0.6) is 5.75 Å². The molecule has 1 fully saturated rings. The van der Waals surface area contributed by atoms with Crippen molar-refractivity contribution < 1.29 is 14.6 Å². The Kier molecular flexibility index (Phi) is 4.88. The number of benzene rings is 1. The van der Waals surface area contributed by atoms with Crippen LogP contribution in [0.3, 0.4) is 0 Å². The number of carbonyl (C=O) groups is 1. The third-order valence-electron chi connectivity index (χ3n) is 4.25. The fourth-order valence-corrected chi connectivity index (χ4v) is 3.20. The van der Waals surface area contributed by atoms with Crippen molar-refractivity contribution in [1.29, 1.82) is 0 Å². The molecule has 0 amide bonds. The van der Waals surface area contributed by atoms with Gasteiger partial charge >= 0.3 is 5.97 Å². The number of likely N-dealkylation sites (N-methyl/N-ethyl adjacent to an activating group) is 1. The lowest BCUT2D eigenvalue weighted by Crippen LogP contribution is -2.56. The van der Waals surface area contributed by atoms with Crippen LogP contribution in [-0.2, 0) is 4.79 Å². The summed E-state index contributed by atoms with van der Waals surface area (Å²) in [6.45, 7) is 6.68. The van der Waals surface area contributed by atoms with E-state index in [2.05, 4.69) is 18.3 Å². The van der Waals surface area contributed by atoms with E-state index >= 15 is 0 Å². The average molecular weight is 291 g/mol. The molecule has 0 aromatic heterocycles. The number of aliphatic carboxylic acids is 1. The molecule has 116 valence electrons. The van der Waals surface area contributed by atoms with Crippen LogP contribution in [0.4, 0.5) is 0 Å². The van der Waals surface area contributed by atoms with Crippen LogP contribution in [0.2, 0.25) is 0 Å². The molecule has 2 N–H and O–H groups in total. The van der Waals surface area contributed by atoms with E-state index in [-0.39, 0.29) is 6.10 Å². The maximum Gasteiger partial charge on any atom is 0.324 e. The highest BCUT2D eigenvalue weighted by Crippen LogP contribution is 2.32. The van der Waals surface area contributed by atoms with Crippen LogP contribution in [0.25, 0.3) is 0 Å². The summed E-state index contributed by atoms with van der Waals surface area (Å²) in [6.07, 6.45) is 2.92. The van der Waals surface area contributed by atoms with Crippen LogP contribution in [0, 0.1) is 13.8 Å². The van der Waals surface area contributed by atoms with Gasteiger partial charge in [0.2, 0.25) is 0 Å². The molecule has 4 heteroatoms. The van der Waals surface area contributed by atoms with Crippen LogP contribution in [-0.4, -0.2) is 29.3 Å². The van der Waals surface area contributed by atoms with Gasteiger partial charge in [-0.1, -0.05) is 24.6 Å². The highest BCUT2D eigenvalue weighted by Gasteiger charge is 2.43. The summed E-state index contributed by atoms with van der Waals surface area (Å²) in [4.78, 5) is 11.7. The zero-order chi connectivity index (χ0) is 15.5. The predicted octanol–water partition coefficient (Wildman–Crippen LogP) is 3.06. The molecule has 0 spiro atoms. The van der Waals surface area contributed by atoms with Gasteiger partial charge in [0.05, 0.1) is 0 Å². The minimum Gasteiger partial charge on any atom is -0.490 e. The molecule has 1 aromatic rings. The lowest BCUT2D eigenvalue weighted by Gasteiger charge is -2.38. The third kappa shape index (κ3) is 3.56. The van der Waals surface area contributed by atoms with Crippen molar-refractivity contribution in [3.8, 4) is 5.75 Å². The first-order valence-electron chi connectivity index (χ1n) is 7.69. The molecule has 1 aliphatic rings. The summed E-state index contributed by atoms with van der Waals surface area (Å²) in [6, 6.07) is 6.10. The molecule has 0 saturated heterocycles. The van der Waals surface area contributed by atoms with Crippen molar-refractivity contribution in [2.24, 2.45) is 0 Å². The molecule has 21 heavy (non-hydrogen) atoms. The molecule has 0 aliphatic heterocycles. The topological polar surface area (TPSA) is 58.6 Å². The number of hydrogen-bond acceptors (Lipinski definition) is 3. The maximum absolute atomic E-state index is 11.7. The Morgan fingerprint density at radius 3 is 2.86 bits per heavy atom. The standard InChI is InChI=1S/C17H25NO3/c1-4-18-17(16(19)20)9-5-6-14(11-17)21-15-8-7-12(2)10-13(15)3/h7-8,10,14,18H,4-6,9,11H2,1-3H3,(H,19,20). The molecular weight excluding hydrogens is 266 g/mol. The van der Waals surface area contributed by atoms with Gasteiger partial charge in [-0.15, -0.1) is 0 Å². The normalized spacial score (nSPS) is 25.6. The van der Waals surface area contributed by atoms with Gasteiger partial charge in [0.25, 0.3) is 0 Å². The Morgan fingerprint density at radius 2 is 2.24 bits per heavy atom. The summed E-state index contributed by atoms with van der Waals surface area (Å²) in [5.74, 6) is 0.0987. The number of hydrogen-bond donors (Lipinski definition) is 2. The minimum atomic E-state index is -0.837. The van der Waals surface area contributed by atoms with Crippen LogP contribution in [0.15, 0.2) is 18.2 Å². The second kappa shape index (κ2) is 6.48. The van der Waals surface area contributed by atoms with Crippen molar-refractivity contribution in [1.82, 2.24) is 5.32 Å². The number of carboxylic acids is 1. The van der Waals surface area contributed by atoms with Crippen molar-refractivity contribution in [2.45, 2.75) is 58.1 Å². The molecule has 0 bridgehead atoms. The van der Waals surface area contributed by atoms with Crippen molar-refractivity contribution >= 4 is 5.97 Å². The number of carboxylic acid groups (broad SMARTS) is 1. The molecule has 0 radical (unpaired) electrons. The lowest BCUT2D eigenvalue weighted by molar-refractivity contribution is -0.147. The summed E-state index contributed by atoms with van der Waals surface area (Å²) in [5.41, 5.74) is 1.47. The van der Waals surface area contributed by atoms with E-state index < -0.39 is 11.5 Å². The molecular formula is C17H25NO3. The fraction of sp³-hybridized carbons (Fsp3) is 0.588. The fourth-order valence-electron chi connectivity index (χ4n) is 3.20. The van der Waals surface area contributed by atoms with Gasteiger partial charge in [-0.25, -0.2) is 0 Å². The second-order valence-corrected chi connectivity index (χ2v) is 6.02. The first-order valence-corrected chi connectivity index (χ1v) is 7.69. The summed E-state index contributed by atoms with van der Waals surface area (Å²) in [7, 11) is 0. The second-order valence-electron chi connectivity index (χ2n) is 6.02. The van der Waals surface area contributed by atoms with Gasteiger partial charge in [-0.3, -0.25) is 4.79 Å². The van der Waals surface area contributed by atoms with Crippen molar-refractivity contribution in [2.75, 3.05) is 6.54 Å². The summed E-state index contributed by atoms with van der Waals surface area (Å²) in [5, 5.41) is 12.7. The Morgan fingerprint density at radius 1 is 1.48 bits per heavy atom. The first-order chi connectivity index (χ1) is 9.97. The van der Waals surface area contributed by atoms with E-state index in [1.165, 1.54) is 5.56 Å². The first kappa shape index (κ1) is 15.8. The SMILES string of the molecule is CCNC1(C(=O)O)CCCC(Oc2ccc(C)cc2C)C1. The minimum absolute atomic E-state index is 0.0460. The zero-order valence-electron chi connectivity index (χ0n) is 13.1. The van der Waals surface area contributed by atoms with Gasteiger partial charge in [-0.05, 0) is 51.3 Å². The number of rotatable bonds is 5. The number of ether oxygens (including phenoxy) is 1. The van der Waals surface area contributed by atoms with Gasteiger partial charge in [0.15, 0.2) is 0 Å². The molecule has 1 aromatic carbocycles. The van der Waals surface area contributed by atoms with Crippen molar-refractivity contribution in [3.05, 3.63) is 29.3 Å². The van der Waals surface area contributed by atoms with E-state index in [9.17, 15) is 9.90 Å². The van der Waals surface area contributed by atoms with Crippen LogP contribution in [0.1, 0.15) is 43.7 Å². The molecule has 2 unspecified atom stereocenters. The third-order valence-corrected chi connectivity index (χ3v) is 4.25. The van der Waals surface area contributed by atoms with E-state index in [1.807, 2.05) is 26.0 Å². The van der Waals surface area contributed by atoms with E-state index in [0.29, 0.717) is 19.4 Å². The average Bonchev–Trinajstić information content (AvgIpc) is 2.42. The summed E-state index contributed by atoms with van der Waals surface area (Å²) < 4.78 is 6.09. The Bertz CT molecular complexity index is 511. The largest absolute Gasteiger partial charge is 0.490 e. The number of aryl methyl sites for hydroxylation is 2. The van der Waals surface area contributed by atoms with Crippen molar-refractivity contribution in [3.63, 3.8) is 0 Å². The van der Waals surface area contributed by atoms with E-state index in [4.69, 9.17) is 4.74 Å². The molecule has 2 atom stereocenters. The van der Waals surface area contributed by atoms with Gasteiger partial charge < -0.3 is 15.2 Å². The number of nitrogens with one attached hydrogen (secondary N) is 1. The van der Waals surface area contributed by atoms with E-state index in [0.717, 1.165) is 24.2 Å². The van der Waals surface area contributed by atoms with E-state index in [1.54, 1.807) is 0 Å². The highest BCUT2D eigenvalue weighted by atomic mass is 16.5. The quantitative estimate of drug-likeness (QED) is 0.875. The zero-order valence-corrected chi connectivity index (χ0v) is 13.1. The van der Waals surface area contributed by atoms with Crippen LogP contribution >= 0.6 is 0 Å². The maximum atomic E-state index is 11.7. The molecule has 1 aliphatic carbocycles. The van der Waals surface area contributed by atoms with Gasteiger partial charge in [0.1, 0.15) is 17.4 Å². The Labute approximate surface area is 126 Å². The Hall–Kier alpha value is -1.55. The smallest absolute Gasteiger partial charge is 0.324 e. The van der Waals surface area contributed by atoms with Crippen LogP contribution < -0.4 is 10.1 Å². The lowest BCUT2D eigenvalue weighted by atomic mass is 9.80. The monoisotopic (exact) mass is 291 g/mol. The van der Waals surface area contributed by atoms with Gasteiger partial charge in [0, 0.05) is 6.42 Å². The predicted molar refractivity (Wildman–Crippen MR) is 82.8 cm³/mol. The Balaban J connectivity index is 2.12. The molecule has 4 nitrogen and oxygen atoms in total. The summed E-state index contributed by atoms with van der Waals surface area (Å²) >= 11 is 0. The molecule has 0 heterocycles. The van der Waals surface area contributed by atoms with Gasteiger partial charge in [-0.2, -0.15) is 0 Å². The highest BCUT2D eigenvalue weighted by molar-refractivity contribution is 5.79.